The van der Waals surface area contributed by atoms with Gasteiger partial charge in [-0.2, -0.15) is 0 Å². The van der Waals surface area contributed by atoms with E-state index in [4.69, 9.17) is 4.74 Å². The molecule has 4 aromatic rings. The van der Waals surface area contributed by atoms with E-state index >= 15 is 0 Å². The first-order chi connectivity index (χ1) is 14.3. The Labute approximate surface area is 167 Å². The average Bonchev–Trinajstić information content (AvgIpc) is 3.48. The summed E-state index contributed by atoms with van der Waals surface area (Å²) < 4.78 is 10.4. The van der Waals surface area contributed by atoms with Crippen LogP contribution in [0.2, 0.25) is 0 Å². The van der Waals surface area contributed by atoms with Gasteiger partial charge in [0.15, 0.2) is 5.82 Å². The third-order valence-corrected chi connectivity index (χ3v) is 5.48. The molecule has 4 heterocycles. The monoisotopic (exact) mass is 382 g/mol. The quantitative estimate of drug-likeness (QED) is 0.470. The van der Waals surface area contributed by atoms with E-state index in [2.05, 4.69) is 62.0 Å². The summed E-state index contributed by atoms with van der Waals surface area (Å²) in [4.78, 5) is 9.35. The molecule has 0 saturated carbocycles. The molecular weight excluding hydrogens is 364 g/mol. The van der Waals surface area contributed by atoms with Gasteiger partial charge in [-0.15, -0.1) is 10.2 Å². The van der Waals surface area contributed by atoms with Crippen molar-refractivity contribution in [1.82, 2.24) is 24.3 Å². The van der Waals surface area contributed by atoms with Crippen LogP contribution in [0.1, 0.15) is 28.6 Å². The molecule has 2 aliphatic heterocycles. The number of hydrogen-bond donors (Lipinski definition) is 0. The van der Waals surface area contributed by atoms with Crippen molar-refractivity contribution in [3.8, 4) is 17.1 Å². The van der Waals surface area contributed by atoms with Gasteiger partial charge in [-0.05, 0) is 24.6 Å². The second-order valence-corrected chi connectivity index (χ2v) is 7.38. The van der Waals surface area contributed by atoms with Crippen LogP contribution >= 0.6 is 0 Å². The van der Waals surface area contributed by atoms with Gasteiger partial charge in [-0.3, -0.25) is 4.57 Å². The maximum absolute atomic E-state index is 6.21. The third kappa shape index (κ3) is 2.51. The Morgan fingerprint density at radius 2 is 1.97 bits per heavy atom. The van der Waals surface area contributed by atoms with Gasteiger partial charge in [0.05, 0.1) is 24.5 Å². The summed E-state index contributed by atoms with van der Waals surface area (Å²) >= 11 is 0. The number of hydrogen-bond acceptors (Lipinski definition) is 5. The van der Waals surface area contributed by atoms with Gasteiger partial charge < -0.3 is 9.30 Å². The number of aromatic nitrogens is 5. The van der Waals surface area contributed by atoms with Crippen LogP contribution in [0.4, 0.5) is 0 Å². The van der Waals surface area contributed by atoms with Gasteiger partial charge in [0, 0.05) is 5.56 Å². The van der Waals surface area contributed by atoms with Crippen LogP contribution in [0, 0.1) is 6.92 Å². The SMILES string of the molecule is Cc1ccc2c(c1)-c1nncn1Cc1c(C3=NC[C@@H](c4ccccc4)O3)ncn1-2. The van der Waals surface area contributed by atoms with Crippen molar-refractivity contribution in [3.63, 3.8) is 0 Å². The molecule has 0 amide bonds. The number of nitrogens with zero attached hydrogens (tertiary/aromatic N) is 6. The summed E-state index contributed by atoms with van der Waals surface area (Å²) in [5.41, 5.74) is 6.17. The van der Waals surface area contributed by atoms with Crippen LogP contribution in [0.15, 0.2) is 66.2 Å². The predicted molar refractivity (Wildman–Crippen MR) is 108 cm³/mol. The minimum absolute atomic E-state index is 0.0743. The van der Waals surface area contributed by atoms with E-state index in [9.17, 15) is 0 Å². The zero-order chi connectivity index (χ0) is 19.4. The molecule has 7 nitrogen and oxygen atoms in total. The lowest BCUT2D eigenvalue weighted by molar-refractivity contribution is 0.229. The maximum Gasteiger partial charge on any atom is 0.238 e. The van der Waals surface area contributed by atoms with E-state index < -0.39 is 0 Å². The molecule has 1 atom stereocenters. The van der Waals surface area contributed by atoms with E-state index in [0.29, 0.717) is 19.0 Å². The first-order valence-electron chi connectivity index (χ1n) is 9.60. The molecule has 0 radical (unpaired) electrons. The van der Waals surface area contributed by atoms with Gasteiger partial charge in [0.1, 0.15) is 24.5 Å². The molecular formula is C22H18N6O. The number of rotatable bonds is 2. The van der Waals surface area contributed by atoms with E-state index in [1.165, 1.54) is 5.56 Å². The van der Waals surface area contributed by atoms with Crippen molar-refractivity contribution in [3.05, 3.63) is 83.7 Å². The van der Waals surface area contributed by atoms with Crippen molar-refractivity contribution in [1.29, 1.82) is 0 Å². The first-order valence-corrected chi connectivity index (χ1v) is 9.60. The molecule has 0 fully saturated rings. The molecule has 0 unspecified atom stereocenters. The molecule has 0 N–H and O–H groups in total. The van der Waals surface area contributed by atoms with E-state index in [1.807, 2.05) is 29.1 Å². The molecule has 7 heteroatoms. The second kappa shape index (κ2) is 6.13. The zero-order valence-electron chi connectivity index (χ0n) is 15.9. The molecule has 0 saturated heterocycles. The minimum atomic E-state index is -0.0743. The van der Waals surface area contributed by atoms with Crippen LogP contribution in [0.25, 0.3) is 17.1 Å². The minimum Gasteiger partial charge on any atom is -0.466 e. The van der Waals surface area contributed by atoms with Gasteiger partial charge in [0.2, 0.25) is 5.90 Å². The predicted octanol–water partition coefficient (Wildman–Crippen LogP) is 3.32. The molecule has 29 heavy (non-hydrogen) atoms. The summed E-state index contributed by atoms with van der Waals surface area (Å²) in [6.07, 6.45) is 3.54. The molecule has 0 spiro atoms. The van der Waals surface area contributed by atoms with Crippen LogP contribution < -0.4 is 0 Å². The molecule has 2 aromatic heterocycles. The fourth-order valence-electron chi connectivity index (χ4n) is 4.04. The summed E-state index contributed by atoms with van der Waals surface area (Å²) in [5, 5.41) is 8.49. The lowest BCUT2D eigenvalue weighted by atomic mass is 10.1. The highest BCUT2D eigenvalue weighted by atomic mass is 16.5. The largest absolute Gasteiger partial charge is 0.466 e. The Balaban J connectivity index is 1.44. The van der Waals surface area contributed by atoms with Crippen molar-refractivity contribution in [2.45, 2.75) is 19.6 Å². The fraction of sp³-hybridized carbons (Fsp3) is 0.182. The Bertz CT molecular complexity index is 1250. The van der Waals surface area contributed by atoms with Gasteiger partial charge in [0.25, 0.3) is 0 Å². The number of aryl methyl sites for hydroxylation is 1. The highest BCUT2D eigenvalue weighted by Crippen LogP contribution is 2.33. The van der Waals surface area contributed by atoms with E-state index in [-0.39, 0.29) is 6.10 Å². The zero-order valence-corrected chi connectivity index (χ0v) is 15.9. The first kappa shape index (κ1) is 16.2. The topological polar surface area (TPSA) is 70.1 Å². The Morgan fingerprint density at radius 3 is 2.86 bits per heavy atom. The molecule has 0 aliphatic carbocycles. The Hall–Kier alpha value is -3.74. The molecule has 2 aromatic carbocycles. The number of ether oxygens (including phenoxy) is 1. The van der Waals surface area contributed by atoms with Gasteiger partial charge >= 0.3 is 0 Å². The number of fused-ring (bicyclic) bond motifs is 5. The molecule has 142 valence electrons. The summed E-state index contributed by atoms with van der Waals surface area (Å²) in [7, 11) is 0. The molecule has 0 bridgehead atoms. The van der Waals surface area contributed by atoms with Gasteiger partial charge in [-0.25, -0.2) is 9.98 Å². The lowest BCUT2D eigenvalue weighted by Gasteiger charge is -2.12. The van der Waals surface area contributed by atoms with Gasteiger partial charge in [-0.1, -0.05) is 42.0 Å². The summed E-state index contributed by atoms with van der Waals surface area (Å²) in [5.74, 6) is 1.45. The maximum atomic E-state index is 6.21. The number of imidazole rings is 1. The van der Waals surface area contributed by atoms with E-state index in [1.54, 1.807) is 6.33 Å². The second-order valence-electron chi connectivity index (χ2n) is 7.38. The smallest absolute Gasteiger partial charge is 0.238 e. The summed E-state index contributed by atoms with van der Waals surface area (Å²) in [6.45, 7) is 3.28. The summed E-state index contributed by atoms with van der Waals surface area (Å²) in [6, 6.07) is 16.5. The van der Waals surface area contributed by atoms with Crippen LogP contribution in [-0.2, 0) is 11.3 Å². The van der Waals surface area contributed by atoms with Crippen molar-refractivity contribution < 1.29 is 4.74 Å². The lowest BCUT2D eigenvalue weighted by Crippen LogP contribution is -2.11. The number of benzene rings is 2. The average molecular weight is 382 g/mol. The third-order valence-electron chi connectivity index (χ3n) is 5.48. The normalized spacial score (nSPS) is 17.0. The molecule has 2 aliphatic rings. The van der Waals surface area contributed by atoms with E-state index in [0.717, 1.165) is 34.0 Å². The Morgan fingerprint density at radius 1 is 1.07 bits per heavy atom. The van der Waals surface area contributed by atoms with Crippen molar-refractivity contribution >= 4 is 5.90 Å². The van der Waals surface area contributed by atoms with Crippen molar-refractivity contribution in [2.24, 2.45) is 4.99 Å². The van der Waals surface area contributed by atoms with Crippen LogP contribution in [0.3, 0.4) is 0 Å². The van der Waals surface area contributed by atoms with Crippen LogP contribution in [0.5, 0.6) is 0 Å². The number of aliphatic imine (C=N–C) groups is 1. The highest BCUT2D eigenvalue weighted by Gasteiger charge is 2.30. The van der Waals surface area contributed by atoms with Crippen molar-refractivity contribution in [2.75, 3.05) is 6.54 Å². The standard InChI is InChI=1S/C22H18N6O/c1-14-7-8-17-16(9-14)21-26-25-13-27(21)11-18-20(24-12-28(17)18)22-23-10-19(29-22)15-5-3-2-4-6-15/h2-9,12-13,19H,10-11H2,1H3/t19-/m0/s1. The Kier molecular flexibility index (Phi) is 3.43. The fourth-order valence-corrected chi connectivity index (χ4v) is 4.04. The highest BCUT2D eigenvalue weighted by molar-refractivity contribution is 5.95. The van der Waals surface area contributed by atoms with Crippen LogP contribution in [-0.4, -0.2) is 36.8 Å². The molecule has 6 rings (SSSR count).